The Hall–Kier alpha value is -2.50. The van der Waals surface area contributed by atoms with Crippen LogP contribution < -0.4 is 5.73 Å². The van der Waals surface area contributed by atoms with Crippen LogP contribution in [0.15, 0.2) is 30.5 Å². The molecular weight excluding hydrogens is 220 g/mol. The zero-order chi connectivity index (χ0) is 12.4. The summed E-state index contributed by atoms with van der Waals surface area (Å²) in [7, 11) is 0. The Kier molecular flexibility index (Phi) is 2.70. The van der Waals surface area contributed by atoms with E-state index in [9.17, 15) is 10.1 Å². The van der Waals surface area contributed by atoms with E-state index in [0.717, 1.165) is 5.69 Å². The molecule has 0 saturated heterocycles. The lowest BCUT2D eigenvalue weighted by Gasteiger charge is -2.03. The van der Waals surface area contributed by atoms with E-state index in [4.69, 9.17) is 5.73 Å². The summed E-state index contributed by atoms with van der Waals surface area (Å²) in [5.41, 5.74) is 7.15. The quantitative estimate of drug-likeness (QED) is 0.628. The van der Waals surface area contributed by atoms with Crippen LogP contribution in [0.3, 0.4) is 0 Å². The summed E-state index contributed by atoms with van der Waals surface area (Å²) in [5, 5.41) is 10.9. The molecule has 6 nitrogen and oxygen atoms in total. The van der Waals surface area contributed by atoms with Gasteiger partial charge >= 0.3 is 0 Å². The number of hydrogen-bond donors (Lipinski definition) is 1. The van der Waals surface area contributed by atoms with Crippen LogP contribution in [-0.2, 0) is 0 Å². The Labute approximate surface area is 97.3 Å². The first-order chi connectivity index (χ1) is 8.08. The number of nitro groups is 1. The molecular formula is C11H10N4O2. The third-order valence-corrected chi connectivity index (χ3v) is 2.26. The van der Waals surface area contributed by atoms with E-state index < -0.39 is 4.92 Å². The molecule has 0 aromatic carbocycles. The molecule has 6 heteroatoms. The molecule has 2 heterocycles. The van der Waals surface area contributed by atoms with Gasteiger partial charge < -0.3 is 5.73 Å². The summed E-state index contributed by atoms with van der Waals surface area (Å²) in [6.45, 7) is 1.81. The fourth-order valence-corrected chi connectivity index (χ4v) is 1.52. The highest BCUT2D eigenvalue weighted by Crippen LogP contribution is 2.28. The molecule has 0 aliphatic rings. The number of aromatic nitrogens is 2. The monoisotopic (exact) mass is 230 g/mol. The SMILES string of the molecule is Cc1cc(-c2nc(N)ccc2[N+](=O)[O-])ccn1. The van der Waals surface area contributed by atoms with Crippen LogP contribution in [-0.4, -0.2) is 14.9 Å². The van der Waals surface area contributed by atoms with Crippen molar-refractivity contribution in [3.05, 3.63) is 46.3 Å². The molecule has 0 bridgehead atoms. The van der Waals surface area contributed by atoms with Crippen molar-refractivity contribution in [3.8, 4) is 11.3 Å². The van der Waals surface area contributed by atoms with Gasteiger partial charge in [0, 0.05) is 23.5 Å². The second-order valence-electron chi connectivity index (χ2n) is 3.55. The summed E-state index contributed by atoms with van der Waals surface area (Å²) in [6.07, 6.45) is 1.58. The van der Waals surface area contributed by atoms with Crippen LogP contribution in [0.5, 0.6) is 0 Å². The smallest absolute Gasteiger partial charge is 0.295 e. The zero-order valence-corrected chi connectivity index (χ0v) is 9.12. The average molecular weight is 230 g/mol. The van der Waals surface area contributed by atoms with Gasteiger partial charge in [-0.15, -0.1) is 0 Å². The molecule has 2 N–H and O–H groups in total. The van der Waals surface area contributed by atoms with Crippen LogP contribution >= 0.6 is 0 Å². The summed E-state index contributed by atoms with van der Waals surface area (Å²) in [6, 6.07) is 6.17. The number of nitrogens with zero attached hydrogens (tertiary/aromatic N) is 3. The third kappa shape index (κ3) is 2.20. The van der Waals surface area contributed by atoms with Gasteiger partial charge in [-0.05, 0) is 25.1 Å². The van der Waals surface area contributed by atoms with E-state index in [1.54, 1.807) is 18.3 Å². The summed E-state index contributed by atoms with van der Waals surface area (Å²) in [5.74, 6) is 0.250. The molecule has 0 aliphatic heterocycles. The van der Waals surface area contributed by atoms with Crippen molar-refractivity contribution in [3.63, 3.8) is 0 Å². The second kappa shape index (κ2) is 4.17. The first-order valence-electron chi connectivity index (χ1n) is 4.92. The number of pyridine rings is 2. The fraction of sp³-hybridized carbons (Fsp3) is 0.0909. The Morgan fingerprint density at radius 1 is 1.35 bits per heavy atom. The van der Waals surface area contributed by atoms with Gasteiger partial charge in [0.1, 0.15) is 5.82 Å². The lowest BCUT2D eigenvalue weighted by atomic mass is 10.1. The third-order valence-electron chi connectivity index (χ3n) is 2.26. The number of aryl methyl sites for hydroxylation is 1. The van der Waals surface area contributed by atoms with Gasteiger partial charge in [-0.25, -0.2) is 4.98 Å². The molecule has 0 fully saturated rings. The maximum Gasteiger partial charge on any atom is 0.295 e. The van der Waals surface area contributed by atoms with Crippen LogP contribution in [0.25, 0.3) is 11.3 Å². The Bertz CT molecular complexity index is 583. The maximum atomic E-state index is 10.9. The highest BCUT2D eigenvalue weighted by atomic mass is 16.6. The Balaban J connectivity index is 2.65. The number of nitrogen functional groups attached to an aromatic ring is 1. The molecule has 0 amide bonds. The van der Waals surface area contributed by atoms with E-state index in [1.807, 2.05) is 6.92 Å². The lowest BCUT2D eigenvalue weighted by molar-refractivity contribution is -0.384. The second-order valence-corrected chi connectivity index (χ2v) is 3.55. The van der Waals surface area contributed by atoms with Gasteiger partial charge in [-0.3, -0.25) is 15.1 Å². The van der Waals surface area contributed by atoms with Crippen LogP contribution in [0.2, 0.25) is 0 Å². The van der Waals surface area contributed by atoms with E-state index in [0.29, 0.717) is 5.56 Å². The van der Waals surface area contributed by atoms with E-state index in [-0.39, 0.29) is 17.2 Å². The summed E-state index contributed by atoms with van der Waals surface area (Å²) >= 11 is 0. The predicted molar refractivity (Wildman–Crippen MR) is 63.3 cm³/mol. The molecule has 0 saturated carbocycles. The molecule has 0 atom stereocenters. The van der Waals surface area contributed by atoms with Gasteiger partial charge in [-0.1, -0.05) is 0 Å². The minimum absolute atomic E-state index is 0.0650. The Morgan fingerprint density at radius 3 is 2.76 bits per heavy atom. The van der Waals surface area contributed by atoms with Crippen molar-refractivity contribution in [1.29, 1.82) is 0 Å². The van der Waals surface area contributed by atoms with Gasteiger partial charge in [0.15, 0.2) is 5.69 Å². The topological polar surface area (TPSA) is 94.9 Å². The number of rotatable bonds is 2. The summed E-state index contributed by atoms with van der Waals surface area (Å²) in [4.78, 5) is 18.5. The van der Waals surface area contributed by atoms with Gasteiger partial charge in [-0.2, -0.15) is 0 Å². The zero-order valence-electron chi connectivity index (χ0n) is 9.12. The van der Waals surface area contributed by atoms with E-state index in [1.165, 1.54) is 12.1 Å². The molecule has 0 spiro atoms. The van der Waals surface area contributed by atoms with Crippen molar-refractivity contribution >= 4 is 11.5 Å². The fourth-order valence-electron chi connectivity index (χ4n) is 1.52. The Morgan fingerprint density at radius 2 is 2.12 bits per heavy atom. The predicted octanol–water partition coefficient (Wildman–Crippen LogP) is 1.94. The minimum atomic E-state index is -0.475. The molecule has 0 radical (unpaired) electrons. The number of hydrogen-bond acceptors (Lipinski definition) is 5. The molecule has 2 aromatic heterocycles. The highest BCUT2D eigenvalue weighted by molar-refractivity contribution is 5.70. The van der Waals surface area contributed by atoms with E-state index >= 15 is 0 Å². The van der Waals surface area contributed by atoms with Crippen molar-refractivity contribution in [1.82, 2.24) is 9.97 Å². The molecule has 86 valence electrons. The highest BCUT2D eigenvalue weighted by Gasteiger charge is 2.17. The average Bonchev–Trinajstić information content (AvgIpc) is 2.28. The molecule has 2 aromatic rings. The largest absolute Gasteiger partial charge is 0.384 e. The van der Waals surface area contributed by atoms with Crippen LogP contribution in [0, 0.1) is 17.0 Å². The van der Waals surface area contributed by atoms with Crippen molar-refractivity contribution in [2.45, 2.75) is 6.92 Å². The molecule has 17 heavy (non-hydrogen) atoms. The first kappa shape index (κ1) is 11.0. The lowest BCUT2D eigenvalue weighted by Crippen LogP contribution is -1.98. The van der Waals surface area contributed by atoms with Crippen molar-refractivity contribution in [2.24, 2.45) is 0 Å². The van der Waals surface area contributed by atoms with Crippen LogP contribution in [0.4, 0.5) is 11.5 Å². The standard InChI is InChI=1S/C11H10N4O2/c1-7-6-8(4-5-13-7)11-9(15(16)17)2-3-10(12)14-11/h2-6H,1H3,(H2,12,14). The molecule has 0 aliphatic carbocycles. The molecule has 0 unspecified atom stereocenters. The first-order valence-corrected chi connectivity index (χ1v) is 4.92. The molecule has 2 rings (SSSR count). The van der Waals surface area contributed by atoms with Gasteiger partial charge in [0.2, 0.25) is 0 Å². The van der Waals surface area contributed by atoms with Crippen molar-refractivity contribution < 1.29 is 4.92 Å². The minimum Gasteiger partial charge on any atom is -0.384 e. The van der Waals surface area contributed by atoms with Crippen LogP contribution in [0.1, 0.15) is 5.69 Å². The number of nitrogens with two attached hydrogens (primary N) is 1. The van der Waals surface area contributed by atoms with Gasteiger partial charge in [0.05, 0.1) is 4.92 Å². The summed E-state index contributed by atoms with van der Waals surface area (Å²) < 4.78 is 0. The van der Waals surface area contributed by atoms with Crippen molar-refractivity contribution in [2.75, 3.05) is 5.73 Å². The van der Waals surface area contributed by atoms with Gasteiger partial charge in [0.25, 0.3) is 5.69 Å². The maximum absolute atomic E-state index is 10.9. The van der Waals surface area contributed by atoms with E-state index in [2.05, 4.69) is 9.97 Å². The normalized spacial score (nSPS) is 10.2. The number of anilines is 1.